The van der Waals surface area contributed by atoms with Crippen LogP contribution in [0.2, 0.25) is 0 Å². The minimum atomic E-state index is -0.839. The average molecular weight is 258 g/mol. The Labute approximate surface area is 107 Å². The fraction of sp³-hybridized carbons (Fsp3) is 0.923. The van der Waals surface area contributed by atoms with Gasteiger partial charge < -0.3 is 19.3 Å². The molecule has 5 heteroatoms. The Hall–Kier alpha value is -0.650. The second-order valence-corrected chi connectivity index (χ2v) is 5.06. The lowest BCUT2D eigenvalue weighted by Gasteiger charge is -2.36. The van der Waals surface area contributed by atoms with Crippen molar-refractivity contribution in [2.24, 2.45) is 11.8 Å². The van der Waals surface area contributed by atoms with Gasteiger partial charge in [0.05, 0.1) is 19.3 Å². The van der Waals surface area contributed by atoms with Gasteiger partial charge >= 0.3 is 5.97 Å². The van der Waals surface area contributed by atoms with Crippen molar-refractivity contribution in [1.82, 2.24) is 0 Å². The molecule has 0 radical (unpaired) electrons. The molecule has 2 rings (SSSR count). The summed E-state index contributed by atoms with van der Waals surface area (Å²) in [5, 5.41) is 8.85. The van der Waals surface area contributed by atoms with E-state index in [0.717, 1.165) is 32.3 Å². The fourth-order valence-electron chi connectivity index (χ4n) is 2.70. The monoisotopic (exact) mass is 258 g/mol. The van der Waals surface area contributed by atoms with Crippen molar-refractivity contribution >= 4 is 5.97 Å². The summed E-state index contributed by atoms with van der Waals surface area (Å²) in [6.45, 7) is 3.33. The SMILES string of the molecule is CCOC1CCC(C2OCC(C(=O)O)CO2)CC1. The number of aliphatic carboxylic acids is 1. The zero-order chi connectivity index (χ0) is 13.0. The maximum atomic E-state index is 10.8. The molecule has 1 N–H and O–H groups in total. The summed E-state index contributed by atoms with van der Waals surface area (Å²) < 4.78 is 16.7. The molecule has 0 aromatic carbocycles. The molecule has 2 fully saturated rings. The largest absolute Gasteiger partial charge is 0.481 e. The van der Waals surface area contributed by atoms with Gasteiger partial charge in [-0.05, 0) is 32.6 Å². The second kappa shape index (κ2) is 6.50. The van der Waals surface area contributed by atoms with Crippen LogP contribution in [-0.4, -0.2) is 43.3 Å². The third kappa shape index (κ3) is 3.43. The Balaban J connectivity index is 1.73. The lowest BCUT2D eigenvalue weighted by Crippen LogP contribution is -2.41. The molecular formula is C13H22O5. The van der Waals surface area contributed by atoms with Crippen LogP contribution in [0.4, 0.5) is 0 Å². The van der Waals surface area contributed by atoms with Crippen LogP contribution in [0.25, 0.3) is 0 Å². The molecule has 1 saturated carbocycles. The fourth-order valence-corrected chi connectivity index (χ4v) is 2.70. The molecule has 5 nitrogen and oxygen atoms in total. The van der Waals surface area contributed by atoms with E-state index in [1.54, 1.807) is 0 Å². The van der Waals surface area contributed by atoms with Gasteiger partial charge in [0, 0.05) is 12.5 Å². The van der Waals surface area contributed by atoms with Crippen LogP contribution in [-0.2, 0) is 19.0 Å². The summed E-state index contributed by atoms with van der Waals surface area (Å²) in [7, 11) is 0. The van der Waals surface area contributed by atoms with E-state index in [4.69, 9.17) is 19.3 Å². The molecule has 0 atom stereocenters. The molecule has 0 aromatic heterocycles. The predicted octanol–water partition coefficient (Wildman–Crippen LogP) is 1.66. The molecule has 1 aliphatic heterocycles. The quantitative estimate of drug-likeness (QED) is 0.830. The third-order valence-corrected chi connectivity index (χ3v) is 3.78. The van der Waals surface area contributed by atoms with Gasteiger partial charge in [0.2, 0.25) is 0 Å². The van der Waals surface area contributed by atoms with E-state index in [1.165, 1.54) is 0 Å². The van der Waals surface area contributed by atoms with Crippen LogP contribution in [0.5, 0.6) is 0 Å². The summed E-state index contributed by atoms with van der Waals surface area (Å²) in [5.74, 6) is -0.967. The normalized spacial score (nSPS) is 37.4. The summed E-state index contributed by atoms with van der Waals surface area (Å²) in [4.78, 5) is 10.8. The van der Waals surface area contributed by atoms with Crippen LogP contribution in [0, 0.1) is 11.8 Å². The lowest BCUT2D eigenvalue weighted by molar-refractivity contribution is -0.232. The molecule has 0 bridgehead atoms. The molecule has 18 heavy (non-hydrogen) atoms. The number of carboxylic acids is 1. The molecule has 0 aromatic rings. The first-order chi connectivity index (χ1) is 8.70. The van der Waals surface area contributed by atoms with Gasteiger partial charge in [0.25, 0.3) is 0 Å². The van der Waals surface area contributed by atoms with Gasteiger partial charge in [0.15, 0.2) is 6.29 Å². The van der Waals surface area contributed by atoms with Crippen molar-refractivity contribution in [3.05, 3.63) is 0 Å². The number of carboxylic acid groups (broad SMARTS) is 1. The molecule has 1 heterocycles. The van der Waals surface area contributed by atoms with Crippen LogP contribution < -0.4 is 0 Å². The highest BCUT2D eigenvalue weighted by Gasteiger charge is 2.34. The molecule has 0 unspecified atom stereocenters. The van der Waals surface area contributed by atoms with Crippen LogP contribution in [0.3, 0.4) is 0 Å². The van der Waals surface area contributed by atoms with Gasteiger partial charge in [0.1, 0.15) is 5.92 Å². The van der Waals surface area contributed by atoms with Crippen molar-refractivity contribution in [2.75, 3.05) is 19.8 Å². The Morgan fingerprint density at radius 3 is 2.33 bits per heavy atom. The van der Waals surface area contributed by atoms with Crippen LogP contribution >= 0.6 is 0 Å². The number of ether oxygens (including phenoxy) is 3. The van der Waals surface area contributed by atoms with Crippen LogP contribution in [0.1, 0.15) is 32.6 Å². The van der Waals surface area contributed by atoms with Gasteiger partial charge in [-0.15, -0.1) is 0 Å². The Bertz CT molecular complexity index is 265. The summed E-state index contributed by atoms with van der Waals surface area (Å²) in [5.41, 5.74) is 0. The van der Waals surface area contributed by atoms with Crippen molar-refractivity contribution < 1.29 is 24.1 Å². The Morgan fingerprint density at radius 2 is 1.83 bits per heavy atom. The molecule has 2 aliphatic rings. The van der Waals surface area contributed by atoms with Crippen molar-refractivity contribution in [1.29, 1.82) is 0 Å². The summed E-state index contributed by atoms with van der Waals surface area (Å²) >= 11 is 0. The molecule has 104 valence electrons. The van der Waals surface area contributed by atoms with Crippen molar-refractivity contribution in [3.8, 4) is 0 Å². The smallest absolute Gasteiger partial charge is 0.311 e. The van der Waals surface area contributed by atoms with E-state index in [9.17, 15) is 4.79 Å². The third-order valence-electron chi connectivity index (χ3n) is 3.78. The van der Waals surface area contributed by atoms with E-state index in [-0.39, 0.29) is 19.5 Å². The lowest BCUT2D eigenvalue weighted by atomic mass is 9.86. The second-order valence-electron chi connectivity index (χ2n) is 5.06. The van der Waals surface area contributed by atoms with Gasteiger partial charge in [-0.1, -0.05) is 0 Å². The van der Waals surface area contributed by atoms with E-state index in [1.807, 2.05) is 6.92 Å². The Kier molecular flexibility index (Phi) is 4.97. The molecule has 0 amide bonds. The van der Waals surface area contributed by atoms with Crippen molar-refractivity contribution in [3.63, 3.8) is 0 Å². The zero-order valence-corrected chi connectivity index (χ0v) is 10.8. The van der Waals surface area contributed by atoms with E-state index in [0.29, 0.717) is 12.0 Å². The van der Waals surface area contributed by atoms with Gasteiger partial charge in [-0.25, -0.2) is 0 Å². The summed E-state index contributed by atoms with van der Waals surface area (Å²) in [6.07, 6.45) is 4.32. The standard InChI is InChI=1S/C13H22O5/c1-2-16-11-5-3-9(4-6-11)13-17-7-10(8-18-13)12(14)15/h9-11,13H,2-8H2,1H3,(H,14,15). The minimum Gasteiger partial charge on any atom is -0.481 e. The highest BCUT2D eigenvalue weighted by atomic mass is 16.7. The number of carbonyl (C=O) groups is 1. The number of rotatable bonds is 4. The number of hydrogen-bond donors (Lipinski definition) is 1. The van der Waals surface area contributed by atoms with E-state index in [2.05, 4.69) is 0 Å². The predicted molar refractivity (Wildman–Crippen MR) is 64.2 cm³/mol. The highest BCUT2D eigenvalue weighted by molar-refractivity contribution is 5.70. The number of hydrogen-bond acceptors (Lipinski definition) is 4. The zero-order valence-electron chi connectivity index (χ0n) is 10.8. The maximum absolute atomic E-state index is 10.8. The average Bonchev–Trinajstić information content (AvgIpc) is 2.40. The molecular weight excluding hydrogens is 236 g/mol. The molecule has 0 spiro atoms. The topological polar surface area (TPSA) is 65.0 Å². The first-order valence-electron chi connectivity index (χ1n) is 6.78. The molecule has 1 saturated heterocycles. The maximum Gasteiger partial charge on any atom is 0.311 e. The van der Waals surface area contributed by atoms with E-state index < -0.39 is 11.9 Å². The Morgan fingerprint density at radius 1 is 1.22 bits per heavy atom. The highest BCUT2D eigenvalue weighted by Crippen LogP contribution is 2.32. The first kappa shape index (κ1) is 13.8. The first-order valence-corrected chi connectivity index (χ1v) is 6.78. The van der Waals surface area contributed by atoms with Crippen molar-refractivity contribution in [2.45, 2.75) is 45.0 Å². The minimum absolute atomic E-state index is 0.219. The van der Waals surface area contributed by atoms with Crippen LogP contribution in [0.15, 0.2) is 0 Å². The van der Waals surface area contributed by atoms with Gasteiger partial charge in [-0.2, -0.15) is 0 Å². The summed E-state index contributed by atoms with van der Waals surface area (Å²) in [6, 6.07) is 0. The molecule has 1 aliphatic carbocycles. The van der Waals surface area contributed by atoms with E-state index >= 15 is 0 Å². The van der Waals surface area contributed by atoms with Gasteiger partial charge in [-0.3, -0.25) is 4.79 Å².